The molecule has 3 rings (SSSR count). The van der Waals surface area contributed by atoms with Gasteiger partial charge in [0.2, 0.25) is 5.91 Å². The molecule has 1 heterocycles. The topological polar surface area (TPSA) is 35.6 Å². The molecule has 1 atom stereocenters. The van der Waals surface area contributed by atoms with Crippen molar-refractivity contribution in [1.29, 1.82) is 0 Å². The fourth-order valence-electron chi connectivity index (χ4n) is 3.97. The lowest BCUT2D eigenvalue weighted by Crippen LogP contribution is -2.55. The first-order chi connectivity index (χ1) is 12.1. The van der Waals surface area contributed by atoms with E-state index < -0.39 is 0 Å². The molecule has 1 saturated heterocycles. The summed E-state index contributed by atoms with van der Waals surface area (Å²) in [4.78, 5) is 17.2. The summed E-state index contributed by atoms with van der Waals surface area (Å²) in [5.41, 5.74) is 1.10. The minimum absolute atomic E-state index is 0.0587. The average molecular weight is 364 g/mol. The molecule has 1 aromatic carbocycles. The van der Waals surface area contributed by atoms with Gasteiger partial charge in [0.25, 0.3) is 0 Å². The van der Waals surface area contributed by atoms with Gasteiger partial charge in [-0.05, 0) is 31.9 Å². The third-order valence-electron chi connectivity index (χ3n) is 5.64. The van der Waals surface area contributed by atoms with Gasteiger partial charge in [-0.2, -0.15) is 0 Å². The Kier molecular flexibility index (Phi) is 6.60. The van der Waals surface area contributed by atoms with Crippen molar-refractivity contribution in [2.45, 2.75) is 57.5 Å². The van der Waals surface area contributed by atoms with E-state index in [2.05, 4.69) is 21.2 Å². The Bertz CT molecular complexity index is 564. The predicted molar refractivity (Wildman–Crippen MR) is 104 cm³/mol. The van der Waals surface area contributed by atoms with Crippen LogP contribution >= 0.6 is 11.6 Å². The standard InChI is InChI=1S/C20H30ClN3O/c1-16(20(25)22-17-8-4-2-3-5-9-17)23-12-14-24(15-13-23)19-11-7-6-10-18(19)21/h6-7,10-11,16-17H,2-5,8-9,12-15H2,1H3,(H,22,25)/t16-/m1/s1. The van der Waals surface area contributed by atoms with E-state index in [0.29, 0.717) is 6.04 Å². The number of anilines is 1. The summed E-state index contributed by atoms with van der Waals surface area (Å²) in [5.74, 6) is 0.193. The van der Waals surface area contributed by atoms with E-state index in [1.165, 1.54) is 25.7 Å². The molecule has 0 aromatic heterocycles. The summed E-state index contributed by atoms with van der Waals surface area (Å²) < 4.78 is 0. The van der Waals surface area contributed by atoms with Crippen molar-refractivity contribution in [3.8, 4) is 0 Å². The number of nitrogens with zero attached hydrogens (tertiary/aromatic N) is 2. The SMILES string of the molecule is C[C@H](C(=O)NC1CCCCCC1)N1CCN(c2ccccc2Cl)CC1. The zero-order valence-corrected chi connectivity index (χ0v) is 16.0. The largest absolute Gasteiger partial charge is 0.368 e. The van der Waals surface area contributed by atoms with Gasteiger partial charge in [0.1, 0.15) is 0 Å². The molecule has 1 aliphatic carbocycles. The number of halogens is 1. The Morgan fingerprint density at radius 1 is 1.08 bits per heavy atom. The van der Waals surface area contributed by atoms with E-state index >= 15 is 0 Å². The number of nitrogens with one attached hydrogen (secondary N) is 1. The number of rotatable bonds is 4. The van der Waals surface area contributed by atoms with Gasteiger partial charge in [0, 0.05) is 32.2 Å². The molecule has 0 spiro atoms. The van der Waals surface area contributed by atoms with E-state index in [0.717, 1.165) is 49.7 Å². The lowest BCUT2D eigenvalue weighted by atomic mass is 10.1. The van der Waals surface area contributed by atoms with Gasteiger partial charge in [0.15, 0.2) is 0 Å². The van der Waals surface area contributed by atoms with Crippen molar-refractivity contribution in [3.63, 3.8) is 0 Å². The lowest BCUT2D eigenvalue weighted by Gasteiger charge is -2.39. The molecular formula is C20H30ClN3O. The van der Waals surface area contributed by atoms with Crippen LogP contribution in [-0.2, 0) is 4.79 Å². The van der Waals surface area contributed by atoms with Gasteiger partial charge < -0.3 is 10.2 Å². The first kappa shape index (κ1) is 18.5. The minimum atomic E-state index is -0.0587. The normalized spacial score (nSPS) is 21.6. The Labute approximate surface area is 156 Å². The summed E-state index contributed by atoms with van der Waals surface area (Å²) >= 11 is 6.31. The first-order valence-electron chi connectivity index (χ1n) is 9.69. The molecule has 0 unspecified atom stereocenters. The van der Waals surface area contributed by atoms with Crippen LogP contribution in [0.4, 0.5) is 5.69 Å². The van der Waals surface area contributed by atoms with Crippen LogP contribution in [0.1, 0.15) is 45.4 Å². The average Bonchev–Trinajstić information content (AvgIpc) is 2.90. The molecule has 4 nitrogen and oxygen atoms in total. The molecule has 5 heteroatoms. The van der Waals surface area contributed by atoms with Crippen LogP contribution < -0.4 is 10.2 Å². The molecule has 25 heavy (non-hydrogen) atoms. The highest BCUT2D eigenvalue weighted by Crippen LogP contribution is 2.26. The van der Waals surface area contributed by atoms with Crippen LogP contribution in [0.15, 0.2) is 24.3 Å². The lowest BCUT2D eigenvalue weighted by molar-refractivity contribution is -0.126. The van der Waals surface area contributed by atoms with Crippen molar-refractivity contribution < 1.29 is 4.79 Å². The van der Waals surface area contributed by atoms with Crippen LogP contribution in [0.25, 0.3) is 0 Å². The smallest absolute Gasteiger partial charge is 0.237 e. The number of para-hydroxylation sites is 1. The van der Waals surface area contributed by atoms with Crippen molar-refractivity contribution in [1.82, 2.24) is 10.2 Å². The molecule has 138 valence electrons. The summed E-state index contributed by atoms with van der Waals surface area (Å²) in [5, 5.41) is 4.09. The van der Waals surface area contributed by atoms with Crippen molar-refractivity contribution in [2.75, 3.05) is 31.1 Å². The third-order valence-corrected chi connectivity index (χ3v) is 5.96. The predicted octanol–water partition coefficient (Wildman–Crippen LogP) is 3.69. The Balaban J connectivity index is 1.50. The highest BCUT2D eigenvalue weighted by Gasteiger charge is 2.27. The van der Waals surface area contributed by atoms with E-state index in [-0.39, 0.29) is 11.9 Å². The van der Waals surface area contributed by atoms with Crippen LogP contribution in [-0.4, -0.2) is 49.1 Å². The van der Waals surface area contributed by atoms with Gasteiger partial charge in [0.05, 0.1) is 16.8 Å². The van der Waals surface area contributed by atoms with Gasteiger partial charge in [-0.1, -0.05) is 49.4 Å². The monoisotopic (exact) mass is 363 g/mol. The molecule has 0 bridgehead atoms. The number of hydrogen-bond donors (Lipinski definition) is 1. The molecule has 2 aliphatic rings. The van der Waals surface area contributed by atoms with E-state index in [4.69, 9.17) is 11.6 Å². The molecule has 0 radical (unpaired) electrons. The molecule has 1 aliphatic heterocycles. The van der Waals surface area contributed by atoms with Gasteiger partial charge in [-0.25, -0.2) is 0 Å². The second-order valence-corrected chi connectivity index (χ2v) is 7.75. The fourth-order valence-corrected chi connectivity index (χ4v) is 4.22. The van der Waals surface area contributed by atoms with E-state index in [1.54, 1.807) is 0 Å². The molecule has 1 aromatic rings. The summed E-state index contributed by atoms with van der Waals surface area (Å²) in [7, 11) is 0. The second kappa shape index (κ2) is 8.91. The van der Waals surface area contributed by atoms with Gasteiger partial charge in [-0.3, -0.25) is 9.69 Å². The Morgan fingerprint density at radius 2 is 1.72 bits per heavy atom. The van der Waals surface area contributed by atoms with E-state index in [9.17, 15) is 4.79 Å². The second-order valence-electron chi connectivity index (χ2n) is 7.35. The third kappa shape index (κ3) is 4.89. The number of carbonyl (C=O) groups is 1. The molecule has 2 fully saturated rings. The summed E-state index contributed by atoms with van der Waals surface area (Å²) in [6.07, 6.45) is 7.39. The van der Waals surface area contributed by atoms with E-state index in [1.807, 2.05) is 25.1 Å². The number of benzene rings is 1. The Hall–Kier alpha value is -1.26. The minimum Gasteiger partial charge on any atom is -0.368 e. The molecule has 1 amide bonds. The highest BCUT2D eigenvalue weighted by molar-refractivity contribution is 6.33. The fraction of sp³-hybridized carbons (Fsp3) is 0.650. The Morgan fingerprint density at radius 3 is 2.36 bits per heavy atom. The highest BCUT2D eigenvalue weighted by atomic mass is 35.5. The molecule has 1 saturated carbocycles. The molecule has 1 N–H and O–H groups in total. The maximum absolute atomic E-state index is 12.6. The van der Waals surface area contributed by atoms with Crippen LogP contribution in [0, 0.1) is 0 Å². The zero-order valence-electron chi connectivity index (χ0n) is 15.2. The maximum atomic E-state index is 12.6. The van der Waals surface area contributed by atoms with Gasteiger partial charge >= 0.3 is 0 Å². The number of piperazine rings is 1. The summed E-state index contributed by atoms with van der Waals surface area (Å²) in [6, 6.07) is 8.31. The van der Waals surface area contributed by atoms with Crippen molar-refractivity contribution in [2.24, 2.45) is 0 Å². The number of carbonyl (C=O) groups excluding carboxylic acids is 1. The molecular weight excluding hydrogens is 334 g/mol. The quantitative estimate of drug-likeness (QED) is 0.829. The first-order valence-corrected chi connectivity index (χ1v) is 10.1. The number of amides is 1. The van der Waals surface area contributed by atoms with Crippen molar-refractivity contribution >= 4 is 23.2 Å². The van der Waals surface area contributed by atoms with Gasteiger partial charge in [-0.15, -0.1) is 0 Å². The van der Waals surface area contributed by atoms with Crippen LogP contribution in [0.2, 0.25) is 5.02 Å². The van der Waals surface area contributed by atoms with Crippen LogP contribution in [0.3, 0.4) is 0 Å². The number of hydrogen-bond acceptors (Lipinski definition) is 3. The van der Waals surface area contributed by atoms with Crippen molar-refractivity contribution in [3.05, 3.63) is 29.3 Å². The van der Waals surface area contributed by atoms with Crippen LogP contribution in [0.5, 0.6) is 0 Å². The maximum Gasteiger partial charge on any atom is 0.237 e. The summed E-state index contributed by atoms with van der Waals surface area (Å²) in [6.45, 7) is 5.64. The zero-order chi connectivity index (χ0) is 17.6.